The largest absolute Gasteiger partial charge is 0.490 e. The van der Waals surface area contributed by atoms with Gasteiger partial charge < -0.3 is 14.5 Å². The maximum Gasteiger partial charge on any atom is 0.253 e. The molecule has 2 aliphatic heterocycles. The first-order chi connectivity index (χ1) is 11.3. The minimum Gasteiger partial charge on any atom is -0.490 e. The van der Waals surface area contributed by atoms with Crippen LogP contribution < -0.4 is 9.64 Å². The van der Waals surface area contributed by atoms with Crippen molar-refractivity contribution in [2.75, 3.05) is 31.1 Å². The minimum absolute atomic E-state index is 0.156. The zero-order valence-electron chi connectivity index (χ0n) is 13.8. The molecule has 0 bridgehead atoms. The molecule has 4 nitrogen and oxygen atoms in total. The van der Waals surface area contributed by atoms with E-state index in [9.17, 15) is 4.79 Å². The van der Waals surface area contributed by atoms with E-state index >= 15 is 0 Å². The van der Waals surface area contributed by atoms with Crippen molar-refractivity contribution in [1.82, 2.24) is 4.90 Å². The van der Waals surface area contributed by atoms with Crippen molar-refractivity contribution in [3.63, 3.8) is 0 Å². The van der Waals surface area contributed by atoms with Gasteiger partial charge in [-0.3, -0.25) is 4.79 Å². The van der Waals surface area contributed by atoms with E-state index in [0.717, 1.165) is 50.4 Å². The van der Waals surface area contributed by atoms with Crippen LogP contribution in [-0.2, 0) is 0 Å². The third-order valence-corrected chi connectivity index (χ3v) is 5.51. The average molecular weight is 314 g/mol. The maximum absolute atomic E-state index is 12.6. The number of carbonyl (C=O) groups is 1. The molecule has 4 rings (SSSR count). The highest BCUT2D eigenvalue weighted by Crippen LogP contribution is 2.37. The van der Waals surface area contributed by atoms with Gasteiger partial charge in [-0.2, -0.15) is 0 Å². The predicted molar refractivity (Wildman–Crippen MR) is 91.3 cm³/mol. The summed E-state index contributed by atoms with van der Waals surface area (Å²) in [7, 11) is 0. The lowest BCUT2D eigenvalue weighted by molar-refractivity contribution is 0.0792. The number of ether oxygens (including phenoxy) is 1. The van der Waals surface area contributed by atoms with Gasteiger partial charge >= 0.3 is 0 Å². The summed E-state index contributed by atoms with van der Waals surface area (Å²) in [4.78, 5) is 17.1. The Morgan fingerprint density at radius 3 is 2.57 bits per heavy atom. The van der Waals surface area contributed by atoms with Crippen molar-refractivity contribution < 1.29 is 9.53 Å². The summed E-state index contributed by atoms with van der Waals surface area (Å²) in [5, 5.41) is 0. The van der Waals surface area contributed by atoms with Crippen LogP contribution in [0, 0.1) is 0 Å². The van der Waals surface area contributed by atoms with Gasteiger partial charge in [-0.1, -0.05) is 19.3 Å². The van der Waals surface area contributed by atoms with E-state index in [1.54, 1.807) is 0 Å². The van der Waals surface area contributed by atoms with Crippen LogP contribution in [0.2, 0.25) is 0 Å². The summed E-state index contributed by atoms with van der Waals surface area (Å²) in [5.41, 5.74) is 1.96. The molecule has 0 unspecified atom stereocenters. The molecule has 0 aromatic heterocycles. The highest BCUT2D eigenvalue weighted by Gasteiger charge is 2.28. The van der Waals surface area contributed by atoms with Crippen molar-refractivity contribution in [2.24, 2.45) is 0 Å². The Morgan fingerprint density at radius 1 is 1.00 bits per heavy atom. The molecule has 1 saturated heterocycles. The van der Waals surface area contributed by atoms with E-state index in [1.165, 1.54) is 37.8 Å². The molecule has 2 heterocycles. The molecule has 0 spiro atoms. The van der Waals surface area contributed by atoms with Crippen LogP contribution in [0.5, 0.6) is 5.75 Å². The number of fused-ring (bicyclic) bond motifs is 1. The topological polar surface area (TPSA) is 32.8 Å². The predicted octanol–water partition coefficient (Wildman–Crippen LogP) is 3.45. The quantitative estimate of drug-likeness (QED) is 0.838. The smallest absolute Gasteiger partial charge is 0.253 e. The average Bonchev–Trinajstić information content (AvgIpc) is 3.15. The van der Waals surface area contributed by atoms with Crippen LogP contribution in [-0.4, -0.2) is 43.1 Å². The summed E-state index contributed by atoms with van der Waals surface area (Å²) < 4.78 is 5.89. The van der Waals surface area contributed by atoms with Crippen molar-refractivity contribution in [3.8, 4) is 5.75 Å². The molecule has 3 aliphatic rings. The van der Waals surface area contributed by atoms with Gasteiger partial charge in [0, 0.05) is 24.7 Å². The van der Waals surface area contributed by atoms with E-state index in [4.69, 9.17) is 4.74 Å². The third kappa shape index (κ3) is 2.91. The molecule has 1 aliphatic carbocycles. The summed E-state index contributed by atoms with van der Waals surface area (Å²) in [6.07, 6.45) is 8.87. The molecule has 1 saturated carbocycles. The first-order valence-electron chi connectivity index (χ1n) is 9.16. The summed E-state index contributed by atoms with van der Waals surface area (Å²) >= 11 is 0. The lowest BCUT2D eigenvalue weighted by atomic mass is 9.93. The van der Waals surface area contributed by atoms with Gasteiger partial charge in [-0.15, -0.1) is 0 Å². The van der Waals surface area contributed by atoms with E-state index in [-0.39, 0.29) is 5.91 Å². The SMILES string of the molecule is O=C(c1ccc2c(c1)OCCN2C1CCCCC1)N1CCCC1. The normalized spacial score (nSPS) is 21.9. The molecule has 1 amide bonds. The number of rotatable bonds is 2. The van der Waals surface area contributed by atoms with Gasteiger partial charge in [0.15, 0.2) is 0 Å². The van der Waals surface area contributed by atoms with E-state index in [0.29, 0.717) is 6.04 Å². The zero-order chi connectivity index (χ0) is 15.6. The Labute approximate surface area is 138 Å². The summed E-state index contributed by atoms with van der Waals surface area (Å²) in [5.74, 6) is 1.05. The Hall–Kier alpha value is -1.71. The highest BCUT2D eigenvalue weighted by atomic mass is 16.5. The fourth-order valence-corrected chi connectivity index (χ4v) is 4.25. The first kappa shape index (κ1) is 14.9. The molecular formula is C19H26N2O2. The van der Waals surface area contributed by atoms with Gasteiger partial charge in [-0.25, -0.2) is 0 Å². The number of carbonyl (C=O) groups excluding carboxylic acids is 1. The number of hydrogen-bond acceptors (Lipinski definition) is 3. The van der Waals surface area contributed by atoms with Crippen molar-refractivity contribution in [1.29, 1.82) is 0 Å². The Kier molecular flexibility index (Phi) is 4.15. The molecule has 0 radical (unpaired) electrons. The molecule has 4 heteroatoms. The van der Waals surface area contributed by atoms with E-state index in [1.807, 2.05) is 17.0 Å². The van der Waals surface area contributed by atoms with Gasteiger partial charge in [0.2, 0.25) is 0 Å². The molecule has 23 heavy (non-hydrogen) atoms. The molecule has 0 N–H and O–H groups in total. The Morgan fingerprint density at radius 2 is 1.78 bits per heavy atom. The van der Waals surface area contributed by atoms with Gasteiger partial charge in [0.05, 0.1) is 12.2 Å². The van der Waals surface area contributed by atoms with Crippen LogP contribution >= 0.6 is 0 Å². The summed E-state index contributed by atoms with van der Waals surface area (Å²) in [6.45, 7) is 3.48. The van der Waals surface area contributed by atoms with Crippen LogP contribution in [0.3, 0.4) is 0 Å². The van der Waals surface area contributed by atoms with Gasteiger partial charge in [0.25, 0.3) is 5.91 Å². The minimum atomic E-state index is 0.156. The van der Waals surface area contributed by atoms with Crippen molar-refractivity contribution in [3.05, 3.63) is 23.8 Å². The lowest BCUT2D eigenvalue weighted by Crippen LogP contribution is -2.42. The fourth-order valence-electron chi connectivity index (χ4n) is 4.25. The standard InChI is InChI=1S/C19H26N2O2/c22-19(20-10-4-5-11-20)15-8-9-17-18(14-15)23-13-12-21(17)16-6-2-1-3-7-16/h8-9,14,16H,1-7,10-13H2. The van der Waals surface area contributed by atoms with Crippen LogP contribution in [0.1, 0.15) is 55.3 Å². The highest BCUT2D eigenvalue weighted by molar-refractivity contribution is 5.95. The molecule has 2 fully saturated rings. The van der Waals surface area contributed by atoms with Gasteiger partial charge in [0.1, 0.15) is 12.4 Å². The zero-order valence-corrected chi connectivity index (χ0v) is 13.8. The second-order valence-corrected chi connectivity index (χ2v) is 7.02. The van der Waals surface area contributed by atoms with E-state index in [2.05, 4.69) is 11.0 Å². The number of benzene rings is 1. The number of amides is 1. The number of hydrogen-bond donors (Lipinski definition) is 0. The second-order valence-electron chi connectivity index (χ2n) is 7.02. The van der Waals surface area contributed by atoms with Gasteiger partial charge in [-0.05, 0) is 43.9 Å². The monoisotopic (exact) mass is 314 g/mol. The molecule has 1 aromatic rings. The van der Waals surface area contributed by atoms with Crippen LogP contribution in [0.25, 0.3) is 0 Å². The Bertz CT molecular complexity index is 575. The summed E-state index contributed by atoms with van der Waals surface area (Å²) in [6, 6.07) is 6.70. The third-order valence-electron chi connectivity index (χ3n) is 5.51. The number of nitrogens with zero attached hydrogens (tertiary/aromatic N) is 2. The van der Waals surface area contributed by atoms with Crippen LogP contribution in [0.4, 0.5) is 5.69 Å². The van der Waals surface area contributed by atoms with Crippen molar-refractivity contribution in [2.45, 2.75) is 51.0 Å². The molecule has 124 valence electrons. The molecular weight excluding hydrogens is 288 g/mol. The van der Waals surface area contributed by atoms with Crippen LogP contribution in [0.15, 0.2) is 18.2 Å². The number of likely N-dealkylation sites (tertiary alicyclic amines) is 1. The maximum atomic E-state index is 12.6. The van der Waals surface area contributed by atoms with E-state index < -0.39 is 0 Å². The number of anilines is 1. The van der Waals surface area contributed by atoms with Crippen molar-refractivity contribution >= 4 is 11.6 Å². The molecule has 1 aromatic carbocycles. The fraction of sp³-hybridized carbons (Fsp3) is 0.632. The molecule has 0 atom stereocenters. The lowest BCUT2D eigenvalue weighted by Gasteiger charge is -2.39. The second kappa shape index (κ2) is 6.42. The Balaban J connectivity index is 1.57. The first-order valence-corrected chi connectivity index (χ1v) is 9.16.